The van der Waals surface area contributed by atoms with E-state index < -0.39 is 11.9 Å². The molecule has 2 saturated heterocycles. The lowest BCUT2D eigenvalue weighted by Crippen LogP contribution is -2.54. The molecule has 0 aromatic carbocycles. The number of aromatic nitrogens is 2. The second kappa shape index (κ2) is 6.38. The van der Waals surface area contributed by atoms with Crippen molar-refractivity contribution in [3.63, 3.8) is 0 Å². The Bertz CT molecular complexity index is 590. The van der Waals surface area contributed by atoms with E-state index in [2.05, 4.69) is 21.9 Å². The van der Waals surface area contributed by atoms with Crippen LogP contribution in [-0.4, -0.2) is 61.7 Å². The first-order valence-corrected chi connectivity index (χ1v) is 8.34. The summed E-state index contributed by atoms with van der Waals surface area (Å²) in [5.41, 5.74) is -0.869. The fraction of sp³-hybridized carbons (Fsp3) is 0.750. The molecule has 1 aromatic rings. The summed E-state index contributed by atoms with van der Waals surface area (Å²) in [4.78, 5) is 14.2. The van der Waals surface area contributed by atoms with Crippen molar-refractivity contribution in [3.05, 3.63) is 11.8 Å². The number of hydrogen-bond acceptors (Lipinski definition) is 5. The molecule has 2 aliphatic heterocycles. The molecule has 0 spiro atoms. The molecule has 1 aromatic heterocycles. The van der Waals surface area contributed by atoms with E-state index in [0.29, 0.717) is 11.7 Å². The third kappa shape index (κ3) is 3.43. The largest absolute Gasteiger partial charge is 0.433 e. The van der Waals surface area contributed by atoms with Gasteiger partial charge in [0.25, 0.3) is 0 Å². The van der Waals surface area contributed by atoms with Crippen LogP contribution in [0, 0.1) is 5.92 Å². The lowest BCUT2D eigenvalue weighted by Gasteiger charge is -2.46. The molecule has 5 nitrogen and oxygen atoms in total. The maximum atomic E-state index is 13.2. The maximum Gasteiger partial charge on any atom is 0.433 e. The van der Waals surface area contributed by atoms with Crippen LogP contribution in [0.1, 0.15) is 25.0 Å². The molecule has 2 unspecified atom stereocenters. The Balaban J connectivity index is 1.96. The van der Waals surface area contributed by atoms with Crippen molar-refractivity contribution in [1.29, 1.82) is 0 Å². The van der Waals surface area contributed by atoms with Gasteiger partial charge >= 0.3 is 6.18 Å². The Morgan fingerprint density at radius 3 is 2.58 bits per heavy atom. The molecule has 134 valence electrons. The lowest BCUT2D eigenvalue weighted by molar-refractivity contribution is -0.141. The van der Waals surface area contributed by atoms with Crippen LogP contribution >= 0.6 is 0 Å². The number of anilines is 2. The monoisotopic (exact) mass is 343 g/mol. The van der Waals surface area contributed by atoms with Crippen molar-refractivity contribution in [2.45, 2.75) is 31.5 Å². The summed E-state index contributed by atoms with van der Waals surface area (Å²) >= 11 is 0. The number of rotatable bonds is 2. The zero-order valence-corrected chi connectivity index (χ0v) is 14.3. The smallest absolute Gasteiger partial charge is 0.363 e. The molecule has 8 heteroatoms. The third-order valence-electron chi connectivity index (χ3n) is 4.98. The highest BCUT2D eigenvalue weighted by Gasteiger charge is 2.39. The molecule has 2 aliphatic rings. The van der Waals surface area contributed by atoms with E-state index in [-0.39, 0.29) is 12.0 Å². The molecule has 0 N–H and O–H groups in total. The minimum absolute atomic E-state index is 0.216. The number of piperidine rings is 2. The van der Waals surface area contributed by atoms with Crippen LogP contribution in [-0.2, 0) is 6.18 Å². The van der Waals surface area contributed by atoms with Crippen LogP contribution < -0.4 is 9.80 Å². The predicted molar refractivity (Wildman–Crippen MR) is 87.3 cm³/mol. The van der Waals surface area contributed by atoms with Gasteiger partial charge in [-0.25, -0.2) is 4.98 Å². The molecule has 0 radical (unpaired) electrons. The van der Waals surface area contributed by atoms with Gasteiger partial charge in [-0.2, -0.15) is 18.2 Å². The van der Waals surface area contributed by atoms with E-state index in [1.807, 2.05) is 4.90 Å². The van der Waals surface area contributed by atoms with Gasteiger partial charge in [0, 0.05) is 39.3 Å². The minimum atomic E-state index is -4.47. The fourth-order valence-corrected chi connectivity index (χ4v) is 3.76. The van der Waals surface area contributed by atoms with Crippen molar-refractivity contribution in [2.75, 3.05) is 50.6 Å². The predicted octanol–water partition coefficient (Wildman–Crippen LogP) is 2.48. The molecule has 0 amide bonds. The summed E-state index contributed by atoms with van der Waals surface area (Å²) < 4.78 is 39.7. The van der Waals surface area contributed by atoms with Crippen molar-refractivity contribution < 1.29 is 13.2 Å². The van der Waals surface area contributed by atoms with Gasteiger partial charge in [0.1, 0.15) is 5.82 Å². The lowest BCUT2D eigenvalue weighted by atomic mass is 9.84. The second-order valence-electron chi connectivity index (χ2n) is 7.02. The van der Waals surface area contributed by atoms with E-state index >= 15 is 0 Å². The van der Waals surface area contributed by atoms with E-state index in [4.69, 9.17) is 0 Å². The average Bonchev–Trinajstić information content (AvgIpc) is 2.52. The summed E-state index contributed by atoms with van der Waals surface area (Å²) in [5, 5.41) is 0. The van der Waals surface area contributed by atoms with Gasteiger partial charge in [-0.1, -0.05) is 0 Å². The van der Waals surface area contributed by atoms with Crippen LogP contribution in [0.5, 0.6) is 0 Å². The van der Waals surface area contributed by atoms with E-state index in [1.165, 1.54) is 0 Å². The summed E-state index contributed by atoms with van der Waals surface area (Å²) in [6.07, 6.45) is -1.45. The molecule has 3 heterocycles. The number of nitrogens with zero attached hydrogens (tertiary/aromatic N) is 5. The topological polar surface area (TPSA) is 35.5 Å². The standard InChI is InChI=1S/C16H24F3N5/c1-22(2)14-9-13(16(17,18)19)20-15(21-14)24-7-4-5-11-10-23(3)8-6-12(11)24/h9,11-12H,4-8,10H2,1-3H3. The summed E-state index contributed by atoms with van der Waals surface area (Å²) in [5.74, 6) is 0.980. The van der Waals surface area contributed by atoms with Gasteiger partial charge in [-0.15, -0.1) is 0 Å². The van der Waals surface area contributed by atoms with E-state index in [0.717, 1.165) is 45.0 Å². The molecule has 24 heavy (non-hydrogen) atoms. The number of halogens is 3. The Morgan fingerprint density at radius 1 is 1.17 bits per heavy atom. The summed E-state index contributed by atoms with van der Waals surface area (Å²) in [6, 6.07) is 1.24. The number of alkyl halides is 3. The second-order valence-corrected chi connectivity index (χ2v) is 7.02. The molecule has 2 fully saturated rings. The summed E-state index contributed by atoms with van der Waals surface area (Å²) in [7, 11) is 5.49. The molecule has 3 rings (SSSR count). The van der Waals surface area contributed by atoms with E-state index in [9.17, 15) is 13.2 Å². The summed E-state index contributed by atoms with van der Waals surface area (Å²) in [6.45, 7) is 2.66. The first kappa shape index (κ1) is 17.3. The SMILES string of the molecule is CN1CCC2C(CCCN2c2nc(N(C)C)cc(C(F)(F)F)n2)C1. The van der Waals surface area contributed by atoms with Crippen LogP contribution in [0.3, 0.4) is 0 Å². The zero-order chi connectivity index (χ0) is 17.5. The van der Waals surface area contributed by atoms with Gasteiger partial charge in [-0.05, 0) is 38.8 Å². The van der Waals surface area contributed by atoms with Crippen molar-refractivity contribution in [3.8, 4) is 0 Å². The van der Waals surface area contributed by atoms with E-state index in [1.54, 1.807) is 19.0 Å². The molecule has 0 bridgehead atoms. The first-order valence-electron chi connectivity index (χ1n) is 8.34. The fourth-order valence-electron chi connectivity index (χ4n) is 3.76. The molecule has 0 aliphatic carbocycles. The van der Waals surface area contributed by atoms with Crippen molar-refractivity contribution >= 4 is 11.8 Å². The maximum absolute atomic E-state index is 13.2. The van der Waals surface area contributed by atoms with Crippen LogP contribution in [0.15, 0.2) is 6.07 Å². The van der Waals surface area contributed by atoms with Gasteiger partial charge in [0.05, 0.1) is 0 Å². The Kier molecular flexibility index (Phi) is 4.59. The Labute approximate surface area is 140 Å². The number of hydrogen-bond donors (Lipinski definition) is 0. The highest BCUT2D eigenvalue weighted by Crippen LogP contribution is 2.35. The molecular weight excluding hydrogens is 319 g/mol. The quantitative estimate of drug-likeness (QED) is 0.824. The zero-order valence-electron chi connectivity index (χ0n) is 14.3. The number of likely N-dealkylation sites (tertiary alicyclic amines) is 1. The van der Waals surface area contributed by atoms with Gasteiger partial charge in [-0.3, -0.25) is 0 Å². The van der Waals surface area contributed by atoms with Gasteiger partial charge in [0.15, 0.2) is 5.69 Å². The third-order valence-corrected chi connectivity index (χ3v) is 4.98. The minimum Gasteiger partial charge on any atom is -0.363 e. The van der Waals surface area contributed by atoms with Gasteiger partial charge in [0.2, 0.25) is 5.95 Å². The van der Waals surface area contributed by atoms with Crippen LogP contribution in [0.2, 0.25) is 0 Å². The molecule has 0 saturated carbocycles. The normalized spacial score (nSPS) is 25.5. The van der Waals surface area contributed by atoms with Gasteiger partial charge < -0.3 is 14.7 Å². The highest BCUT2D eigenvalue weighted by atomic mass is 19.4. The van der Waals surface area contributed by atoms with Crippen LogP contribution in [0.4, 0.5) is 24.9 Å². The molecule has 2 atom stereocenters. The Morgan fingerprint density at radius 2 is 1.92 bits per heavy atom. The Hall–Kier alpha value is -1.57. The van der Waals surface area contributed by atoms with Crippen molar-refractivity contribution in [2.24, 2.45) is 5.92 Å². The highest BCUT2D eigenvalue weighted by molar-refractivity contribution is 5.46. The average molecular weight is 343 g/mol. The number of fused-ring (bicyclic) bond motifs is 1. The molecular formula is C16H24F3N5. The van der Waals surface area contributed by atoms with Crippen LogP contribution in [0.25, 0.3) is 0 Å². The first-order chi connectivity index (χ1) is 11.3. The van der Waals surface area contributed by atoms with Crippen molar-refractivity contribution in [1.82, 2.24) is 14.9 Å².